The number of benzene rings is 1. The molecule has 2 N–H and O–H groups in total. The van der Waals surface area contributed by atoms with Gasteiger partial charge in [-0.2, -0.15) is 0 Å². The van der Waals surface area contributed by atoms with Gasteiger partial charge in [-0.05, 0) is 37.5 Å². The zero-order valence-electron chi connectivity index (χ0n) is 15.0. The van der Waals surface area contributed by atoms with Crippen LogP contribution in [-0.4, -0.2) is 49.8 Å². The second-order valence-corrected chi connectivity index (χ2v) is 7.14. The van der Waals surface area contributed by atoms with Crippen LogP contribution in [0.5, 0.6) is 0 Å². The molecule has 0 bridgehead atoms. The van der Waals surface area contributed by atoms with Crippen molar-refractivity contribution in [1.82, 2.24) is 14.5 Å². The minimum atomic E-state index is -1.32. The number of aryl methyl sites for hydroxylation is 1. The molecule has 2 heterocycles. The van der Waals surface area contributed by atoms with E-state index >= 15 is 0 Å². The first kappa shape index (κ1) is 18.5. The molecule has 1 aromatic carbocycles. The smallest absolute Gasteiger partial charge is 0.313 e. The predicted octanol–water partition coefficient (Wildman–Crippen LogP) is 1.75. The van der Waals surface area contributed by atoms with Crippen LogP contribution in [0.4, 0.5) is 4.39 Å². The van der Waals surface area contributed by atoms with E-state index in [0.29, 0.717) is 25.1 Å². The van der Waals surface area contributed by atoms with Crippen molar-refractivity contribution < 1.29 is 19.4 Å². The highest BCUT2D eigenvalue weighted by molar-refractivity contribution is 5.76. The van der Waals surface area contributed by atoms with Gasteiger partial charge in [0.15, 0.2) is 0 Å². The van der Waals surface area contributed by atoms with Crippen molar-refractivity contribution in [1.29, 1.82) is 0 Å². The van der Waals surface area contributed by atoms with Crippen molar-refractivity contribution in [2.24, 2.45) is 12.5 Å². The summed E-state index contributed by atoms with van der Waals surface area (Å²) in [5.41, 5.74) is 0.384. The van der Waals surface area contributed by atoms with E-state index in [1.165, 1.54) is 12.1 Å². The highest BCUT2D eigenvalue weighted by Gasteiger charge is 2.49. The van der Waals surface area contributed by atoms with E-state index in [1.54, 1.807) is 18.3 Å². The molecule has 2 atom stereocenters. The van der Waals surface area contributed by atoms with E-state index in [4.69, 9.17) is 0 Å². The molecular formula is C19H24FN3O3. The van der Waals surface area contributed by atoms with Gasteiger partial charge >= 0.3 is 5.97 Å². The number of imidazole rings is 1. The zero-order chi connectivity index (χ0) is 18.9. The number of halogens is 1. The van der Waals surface area contributed by atoms with Crippen LogP contribution in [0.1, 0.15) is 23.5 Å². The second-order valence-electron chi connectivity index (χ2n) is 7.14. The summed E-state index contributed by atoms with van der Waals surface area (Å²) in [4.78, 5) is 18.5. The molecule has 0 unspecified atom stereocenters. The van der Waals surface area contributed by atoms with Gasteiger partial charge < -0.3 is 14.8 Å². The Morgan fingerprint density at radius 1 is 1.38 bits per heavy atom. The average Bonchev–Trinajstić information content (AvgIpc) is 2.91. The number of carboxylic acid groups (broad SMARTS) is 1. The Kier molecular flexibility index (Phi) is 5.11. The van der Waals surface area contributed by atoms with E-state index in [9.17, 15) is 19.4 Å². The lowest BCUT2D eigenvalue weighted by molar-refractivity contribution is -0.163. The van der Waals surface area contributed by atoms with Gasteiger partial charge in [-0.1, -0.05) is 12.1 Å². The molecule has 1 fully saturated rings. The van der Waals surface area contributed by atoms with Crippen LogP contribution in [0.2, 0.25) is 0 Å². The summed E-state index contributed by atoms with van der Waals surface area (Å²) in [5, 5.41) is 20.5. The molecule has 0 aliphatic carbocycles. The van der Waals surface area contributed by atoms with Gasteiger partial charge in [-0.15, -0.1) is 0 Å². The third kappa shape index (κ3) is 3.50. The fraction of sp³-hybridized carbons (Fsp3) is 0.474. The van der Waals surface area contributed by atoms with Gasteiger partial charge in [0.05, 0.1) is 11.8 Å². The number of hydrogen-bond donors (Lipinski definition) is 2. The molecule has 0 radical (unpaired) electrons. The van der Waals surface area contributed by atoms with Gasteiger partial charge in [-0.3, -0.25) is 9.69 Å². The summed E-state index contributed by atoms with van der Waals surface area (Å²) in [5.74, 6) is -0.497. The van der Waals surface area contributed by atoms with Gasteiger partial charge in [0.25, 0.3) is 0 Å². The first-order valence-corrected chi connectivity index (χ1v) is 8.67. The number of piperidine rings is 1. The molecule has 1 aliphatic heterocycles. The molecule has 0 spiro atoms. The van der Waals surface area contributed by atoms with E-state index in [1.807, 2.05) is 23.4 Å². The van der Waals surface area contributed by atoms with Crippen LogP contribution >= 0.6 is 0 Å². The Balaban J connectivity index is 1.83. The van der Waals surface area contributed by atoms with Gasteiger partial charge in [0, 0.05) is 32.9 Å². The molecule has 1 saturated heterocycles. The highest BCUT2D eigenvalue weighted by Crippen LogP contribution is 2.35. The zero-order valence-corrected chi connectivity index (χ0v) is 15.0. The Morgan fingerprint density at radius 2 is 2.08 bits per heavy atom. The SMILES string of the molecule is Cc1ncc(CN2CC[C@@H](O)[C@](Cc3ccc(F)cc3)(C(=O)O)C2)n1C. The number of aromatic nitrogens is 2. The molecule has 0 amide bonds. The summed E-state index contributed by atoms with van der Waals surface area (Å²) in [6.07, 6.45) is 1.38. The molecule has 7 heteroatoms. The first-order chi connectivity index (χ1) is 12.3. The Morgan fingerprint density at radius 3 is 2.65 bits per heavy atom. The molecule has 0 saturated carbocycles. The summed E-state index contributed by atoms with van der Waals surface area (Å²) in [6.45, 7) is 3.33. The number of likely N-dealkylation sites (tertiary alicyclic amines) is 1. The largest absolute Gasteiger partial charge is 0.481 e. The third-order valence-electron chi connectivity index (χ3n) is 5.42. The minimum Gasteiger partial charge on any atom is -0.481 e. The van der Waals surface area contributed by atoms with Crippen molar-refractivity contribution in [3.63, 3.8) is 0 Å². The maximum atomic E-state index is 13.2. The lowest BCUT2D eigenvalue weighted by Crippen LogP contribution is -2.56. The number of aliphatic hydroxyl groups excluding tert-OH is 1. The summed E-state index contributed by atoms with van der Waals surface area (Å²) < 4.78 is 15.1. The van der Waals surface area contributed by atoms with Gasteiger partial charge in [0.2, 0.25) is 0 Å². The topological polar surface area (TPSA) is 78.6 Å². The molecule has 3 rings (SSSR count). The predicted molar refractivity (Wildman–Crippen MR) is 94.0 cm³/mol. The van der Waals surface area contributed by atoms with Gasteiger partial charge in [0.1, 0.15) is 17.1 Å². The maximum Gasteiger partial charge on any atom is 0.313 e. The van der Waals surface area contributed by atoms with Gasteiger partial charge in [-0.25, -0.2) is 9.37 Å². The Hall–Kier alpha value is -2.25. The standard InChI is InChI=1S/C19H24FN3O3/c1-13-21-10-16(22(13)2)11-23-8-7-17(24)19(12-23,18(25)26)9-14-3-5-15(20)6-4-14/h3-6,10,17,24H,7-9,11-12H2,1-2H3,(H,25,26)/t17-,19-/m1/s1. The Labute approximate surface area is 151 Å². The molecule has 1 aromatic heterocycles. The number of rotatable bonds is 5. The van der Waals surface area contributed by atoms with Crippen molar-refractivity contribution >= 4 is 5.97 Å². The quantitative estimate of drug-likeness (QED) is 0.848. The van der Waals surface area contributed by atoms with Crippen molar-refractivity contribution in [3.8, 4) is 0 Å². The number of aliphatic carboxylic acids is 1. The average molecular weight is 361 g/mol. The molecule has 1 aliphatic rings. The normalized spacial score (nSPS) is 23.9. The minimum absolute atomic E-state index is 0.157. The monoisotopic (exact) mass is 361 g/mol. The number of carboxylic acids is 1. The summed E-state index contributed by atoms with van der Waals surface area (Å²) >= 11 is 0. The number of hydrogen-bond acceptors (Lipinski definition) is 4. The number of carbonyl (C=O) groups is 1. The second kappa shape index (κ2) is 7.17. The fourth-order valence-corrected chi connectivity index (χ4v) is 3.65. The third-order valence-corrected chi connectivity index (χ3v) is 5.42. The molecule has 26 heavy (non-hydrogen) atoms. The Bertz CT molecular complexity index is 790. The van der Waals surface area contributed by atoms with Crippen LogP contribution in [0.3, 0.4) is 0 Å². The van der Waals surface area contributed by atoms with Crippen LogP contribution < -0.4 is 0 Å². The van der Waals surface area contributed by atoms with E-state index < -0.39 is 17.5 Å². The first-order valence-electron chi connectivity index (χ1n) is 8.67. The van der Waals surface area contributed by atoms with Crippen molar-refractivity contribution in [2.75, 3.05) is 13.1 Å². The van der Waals surface area contributed by atoms with Crippen LogP contribution in [0.15, 0.2) is 30.5 Å². The summed E-state index contributed by atoms with van der Waals surface area (Å²) in [7, 11) is 1.93. The lowest BCUT2D eigenvalue weighted by atomic mass is 9.73. The fourth-order valence-electron chi connectivity index (χ4n) is 3.65. The van der Waals surface area contributed by atoms with Crippen molar-refractivity contribution in [3.05, 3.63) is 53.4 Å². The summed E-state index contributed by atoms with van der Waals surface area (Å²) in [6, 6.07) is 5.79. The molecular weight excluding hydrogens is 337 g/mol. The molecule has 2 aromatic rings. The number of nitrogens with zero attached hydrogens (tertiary/aromatic N) is 3. The van der Waals surface area contributed by atoms with Crippen molar-refractivity contribution in [2.45, 2.75) is 32.4 Å². The van der Waals surface area contributed by atoms with E-state index in [0.717, 1.165) is 11.5 Å². The van der Waals surface area contributed by atoms with Crippen LogP contribution in [0, 0.1) is 18.2 Å². The lowest BCUT2D eigenvalue weighted by Gasteiger charge is -2.43. The highest BCUT2D eigenvalue weighted by atomic mass is 19.1. The van der Waals surface area contributed by atoms with E-state index in [-0.39, 0.29) is 18.8 Å². The van der Waals surface area contributed by atoms with Crippen LogP contribution in [0.25, 0.3) is 0 Å². The maximum absolute atomic E-state index is 13.2. The molecule has 140 valence electrons. The van der Waals surface area contributed by atoms with E-state index in [2.05, 4.69) is 4.98 Å². The number of aliphatic hydroxyl groups is 1. The molecule has 6 nitrogen and oxygen atoms in total. The van der Waals surface area contributed by atoms with Crippen LogP contribution in [-0.2, 0) is 24.8 Å².